The first kappa shape index (κ1) is 29.2. The molecule has 3 amide bonds. The van der Waals surface area contributed by atoms with E-state index >= 15 is 0 Å². The van der Waals surface area contributed by atoms with E-state index in [4.69, 9.17) is 4.74 Å². The lowest BCUT2D eigenvalue weighted by atomic mass is 9.65. The van der Waals surface area contributed by atoms with Gasteiger partial charge in [0.05, 0.1) is 22.5 Å². The van der Waals surface area contributed by atoms with E-state index < -0.39 is 54.5 Å². The minimum absolute atomic E-state index is 0.132. The largest absolute Gasteiger partial charge is 0.435 e. The molecule has 0 saturated heterocycles. The van der Waals surface area contributed by atoms with E-state index in [2.05, 4.69) is 42.6 Å². The van der Waals surface area contributed by atoms with E-state index in [9.17, 15) is 37.2 Å². The lowest BCUT2D eigenvalue weighted by Crippen LogP contribution is -2.54. The minimum atomic E-state index is -3.07. The normalized spacial score (nSPS) is 23.7. The fourth-order valence-corrected chi connectivity index (χ4v) is 5.19. The Morgan fingerprint density at radius 1 is 1.24 bits per heavy atom. The number of carbonyl (C=O) groups excluding carboxylic acids is 3. The van der Waals surface area contributed by atoms with Crippen LogP contribution in [-0.4, -0.2) is 54.8 Å². The molecule has 0 radical (unpaired) electrons. The number of hydrogen-bond acceptors (Lipinski definition) is 7. The molecular formula is C23H24BrF4N5O5. The van der Waals surface area contributed by atoms with Crippen LogP contribution in [0, 0.1) is 16.7 Å². The van der Waals surface area contributed by atoms with Gasteiger partial charge >= 0.3 is 24.5 Å². The molecule has 206 valence electrons. The van der Waals surface area contributed by atoms with Crippen molar-refractivity contribution in [2.75, 3.05) is 6.54 Å². The maximum atomic E-state index is 12.8. The Morgan fingerprint density at radius 2 is 1.92 bits per heavy atom. The van der Waals surface area contributed by atoms with E-state index in [1.165, 1.54) is 12.1 Å². The SMILES string of the molecule is C[C@@H](CC1(C#N)CCC2(CC1)OC(=O)NN=C2c1cccc(OC(F)F)c1Br)NC(=O)C(=O)NCC(F)F. The van der Waals surface area contributed by atoms with Crippen molar-refractivity contribution in [1.29, 1.82) is 5.26 Å². The van der Waals surface area contributed by atoms with Gasteiger partial charge in [0.25, 0.3) is 6.43 Å². The van der Waals surface area contributed by atoms with Crippen molar-refractivity contribution in [3.63, 3.8) is 0 Å². The number of ether oxygens (including phenoxy) is 2. The summed E-state index contributed by atoms with van der Waals surface area (Å²) in [6.07, 6.45) is -2.78. The molecule has 1 aromatic carbocycles. The molecule has 1 aromatic rings. The Bertz CT molecular complexity index is 1150. The van der Waals surface area contributed by atoms with Crippen LogP contribution >= 0.6 is 15.9 Å². The van der Waals surface area contributed by atoms with Gasteiger partial charge in [-0.2, -0.15) is 19.1 Å². The van der Waals surface area contributed by atoms with Crippen molar-refractivity contribution in [3.8, 4) is 11.8 Å². The average Bonchev–Trinajstić information content (AvgIpc) is 2.85. The molecule has 1 fully saturated rings. The van der Waals surface area contributed by atoms with Crippen molar-refractivity contribution in [1.82, 2.24) is 16.1 Å². The Hall–Kier alpha value is -3.41. The summed E-state index contributed by atoms with van der Waals surface area (Å²) < 4.78 is 60.6. The molecule has 10 nitrogen and oxygen atoms in total. The van der Waals surface area contributed by atoms with Gasteiger partial charge in [-0.05, 0) is 61.0 Å². The summed E-state index contributed by atoms with van der Waals surface area (Å²) in [6, 6.07) is 6.01. The van der Waals surface area contributed by atoms with Gasteiger partial charge in [-0.25, -0.2) is 19.0 Å². The summed E-state index contributed by atoms with van der Waals surface area (Å²) in [5.41, 5.74) is 0.590. The summed E-state index contributed by atoms with van der Waals surface area (Å²) in [4.78, 5) is 35.8. The highest BCUT2D eigenvalue weighted by molar-refractivity contribution is 9.10. The van der Waals surface area contributed by atoms with Crippen LogP contribution in [0.25, 0.3) is 0 Å². The third-order valence-corrected chi connectivity index (χ3v) is 7.18. The van der Waals surface area contributed by atoms with E-state index in [-0.39, 0.29) is 48.0 Å². The first-order chi connectivity index (χ1) is 17.9. The summed E-state index contributed by atoms with van der Waals surface area (Å²) in [6.45, 7) is -2.45. The second-order valence-electron chi connectivity index (χ2n) is 9.02. The minimum Gasteiger partial charge on any atom is -0.435 e. The van der Waals surface area contributed by atoms with Crippen LogP contribution in [-0.2, 0) is 14.3 Å². The molecule has 1 aliphatic heterocycles. The van der Waals surface area contributed by atoms with Crippen LogP contribution in [0.5, 0.6) is 5.75 Å². The van der Waals surface area contributed by atoms with Gasteiger partial charge in [0.15, 0.2) is 5.60 Å². The van der Waals surface area contributed by atoms with Gasteiger partial charge in [-0.1, -0.05) is 12.1 Å². The third-order valence-electron chi connectivity index (χ3n) is 6.36. The highest BCUT2D eigenvalue weighted by Gasteiger charge is 2.51. The van der Waals surface area contributed by atoms with Gasteiger partial charge in [0.2, 0.25) is 0 Å². The number of nitrogens with zero attached hydrogens (tertiary/aromatic N) is 2. The number of hydrogen-bond donors (Lipinski definition) is 3. The van der Waals surface area contributed by atoms with Crippen molar-refractivity contribution >= 4 is 39.5 Å². The molecule has 0 unspecified atom stereocenters. The fourth-order valence-electron chi connectivity index (χ4n) is 4.65. The van der Waals surface area contributed by atoms with E-state index in [0.717, 1.165) is 0 Å². The molecule has 3 rings (SSSR count). The van der Waals surface area contributed by atoms with Crippen LogP contribution in [0.15, 0.2) is 27.8 Å². The van der Waals surface area contributed by atoms with Crippen LogP contribution in [0.1, 0.15) is 44.6 Å². The second-order valence-corrected chi connectivity index (χ2v) is 9.82. The molecule has 0 aromatic heterocycles. The van der Waals surface area contributed by atoms with Crippen LogP contribution in [0.3, 0.4) is 0 Å². The Balaban J connectivity index is 1.75. The molecular weight excluding hydrogens is 582 g/mol. The zero-order chi connectivity index (χ0) is 28.1. The van der Waals surface area contributed by atoms with Gasteiger partial charge in [0, 0.05) is 11.6 Å². The number of rotatable bonds is 8. The monoisotopic (exact) mass is 605 g/mol. The number of carbonyl (C=O) groups is 3. The van der Waals surface area contributed by atoms with Crippen molar-refractivity contribution < 1.29 is 41.4 Å². The molecule has 3 N–H and O–H groups in total. The number of halogens is 5. The van der Waals surface area contributed by atoms with E-state index in [0.29, 0.717) is 5.56 Å². The number of hydrazone groups is 1. The molecule has 1 saturated carbocycles. The van der Waals surface area contributed by atoms with E-state index in [1.807, 2.05) is 5.32 Å². The first-order valence-corrected chi connectivity index (χ1v) is 12.3. The summed E-state index contributed by atoms with van der Waals surface area (Å²) in [5.74, 6) is -2.45. The van der Waals surface area contributed by atoms with Gasteiger partial charge in [-0.15, -0.1) is 0 Å². The predicted molar refractivity (Wildman–Crippen MR) is 127 cm³/mol. The highest BCUT2D eigenvalue weighted by atomic mass is 79.9. The number of benzene rings is 1. The third kappa shape index (κ3) is 6.72. The fraction of sp³-hybridized carbons (Fsp3) is 0.522. The number of alkyl halides is 4. The quantitative estimate of drug-likeness (QED) is 0.305. The van der Waals surface area contributed by atoms with Crippen LogP contribution in [0.2, 0.25) is 0 Å². The Labute approximate surface area is 223 Å². The predicted octanol–water partition coefficient (Wildman–Crippen LogP) is 3.59. The van der Waals surface area contributed by atoms with Crippen molar-refractivity contribution in [2.45, 2.75) is 63.7 Å². The standard InChI is InChI=1S/C23H24BrF4N5O5/c1-12(31-19(35)18(34)30-10-15(25)26)9-22(11-29)5-7-23(8-6-22)17(32-33-21(36)38-23)13-3-2-4-14(16(13)24)37-20(27)28/h2-4,12,15,20H,5-10H2,1H3,(H,30,34)(H,31,35)(H,33,36)/t12-,22?,23?/m0/s1. The lowest BCUT2D eigenvalue weighted by Gasteiger charge is -2.45. The Kier molecular flexibility index (Phi) is 9.18. The van der Waals surface area contributed by atoms with Gasteiger partial charge < -0.3 is 20.1 Å². The molecule has 1 aliphatic carbocycles. The summed E-state index contributed by atoms with van der Waals surface area (Å²) in [7, 11) is 0. The maximum absolute atomic E-state index is 12.8. The summed E-state index contributed by atoms with van der Waals surface area (Å²) >= 11 is 3.26. The molecule has 15 heteroatoms. The van der Waals surface area contributed by atoms with Gasteiger partial charge in [0.1, 0.15) is 11.5 Å². The first-order valence-electron chi connectivity index (χ1n) is 11.5. The molecule has 1 atom stereocenters. The lowest BCUT2D eigenvalue weighted by molar-refractivity contribution is -0.140. The van der Waals surface area contributed by atoms with Crippen LogP contribution < -0.4 is 20.8 Å². The number of amides is 3. The second kappa shape index (κ2) is 12.0. The number of nitrogens with one attached hydrogen (secondary N) is 3. The van der Waals surface area contributed by atoms with E-state index in [1.54, 1.807) is 13.0 Å². The zero-order valence-corrected chi connectivity index (χ0v) is 21.6. The molecule has 1 heterocycles. The molecule has 38 heavy (non-hydrogen) atoms. The smallest absolute Gasteiger partial charge is 0.428 e. The highest BCUT2D eigenvalue weighted by Crippen LogP contribution is 2.48. The van der Waals surface area contributed by atoms with Crippen molar-refractivity contribution in [3.05, 3.63) is 28.2 Å². The summed E-state index contributed by atoms with van der Waals surface area (Å²) in [5, 5.41) is 18.4. The maximum Gasteiger partial charge on any atom is 0.428 e. The number of nitriles is 1. The molecule has 0 bridgehead atoms. The molecule has 2 aliphatic rings. The average molecular weight is 606 g/mol. The zero-order valence-electron chi connectivity index (χ0n) is 20.0. The van der Waals surface area contributed by atoms with Crippen molar-refractivity contribution in [2.24, 2.45) is 10.5 Å². The topological polar surface area (TPSA) is 142 Å². The Morgan fingerprint density at radius 3 is 2.53 bits per heavy atom. The van der Waals surface area contributed by atoms with Crippen LogP contribution in [0.4, 0.5) is 22.4 Å². The molecule has 1 spiro atoms. The van der Waals surface area contributed by atoms with Gasteiger partial charge in [-0.3, -0.25) is 9.59 Å².